The fourth-order valence-electron chi connectivity index (χ4n) is 2.46. The summed E-state index contributed by atoms with van der Waals surface area (Å²) in [6.07, 6.45) is 4.45. The Morgan fingerprint density at radius 1 is 1.50 bits per heavy atom. The van der Waals surface area contributed by atoms with Gasteiger partial charge in [-0.25, -0.2) is 4.79 Å². The van der Waals surface area contributed by atoms with Gasteiger partial charge in [-0.05, 0) is 37.8 Å². The maximum atomic E-state index is 12.0. The predicted molar refractivity (Wildman–Crippen MR) is 73.3 cm³/mol. The van der Waals surface area contributed by atoms with Crippen molar-refractivity contribution in [3.8, 4) is 0 Å². The van der Waals surface area contributed by atoms with E-state index < -0.39 is 0 Å². The Bertz CT molecular complexity index is 399. The van der Waals surface area contributed by atoms with E-state index in [9.17, 15) is 9.90 Å². The van der Waals surface area contributed by atoms with E-state index >= 15 is 0 Å². The van der Waals surface area contributed by atoms with E-state index in [1.807, 2.05) is 0 Å². The van der Waals surface area contributed by atoms with Gasteiger partial charge in [0.25, 0.3) is 0 Å². The Hall–Kier alpha value is -1.53. The zero-order chi connectivity index (χ0) is 14.4. The summed E-state index contributed by atoms with van der Waals surface area (Å²) in [6.45, 7) is 0.352. The molecule has 1 unspecified atom stereocenters. The van der Waals surface area contributed by atoms with E-state index in [1.54, 1.807) is 25.5 Å². The molecule has 1 aliphatic carbocycles. The first-order chi connectivity index (χ1) is 9.69. The Labute approximate surface area is 118 Å². The van der Waals surface area contributed by atoms with Crippen LogP contribution in [0.4, 0.5) is 4.79 Å². The average molecular weight is 282 g/mol. The minimum absolute atomic E-state index is 0.123. The Balaban J connectivity index is 1.82. The summed E-state index contributed by atoms with van der Waals surface area (Å²) in [4.78, 5) is 12.0. The van der Waals surface area contributed by atoms with Gasteiger partial charge in [-0.15, -0.1) is 0 Å². The van der Waals surface area contributed by atoms with Crippen LogP contribution in [0.1, 0.15) is 37.5 Å². The number of carbonyl (C=O) groups is 1. The van der Waals surface area contributed by atoms with Gasteiger partial charge in [0.05, 0.1) is 19.0 Å². The number of amides is 2. The second-order valence-corrected chi connectivity index (χ2v) is 5.15. The first-order valence-corrected chi connectivity index (χ1v) is 6.96. The largest absolute Gasteiger partial charge is 0.467 e. The van der Waals surface area contributed by atoms with Crippen molar-refractivity contribution >= 4 is 6.03 Å². The summed E-state index contributed by atoms with van der Waals surface area (Å²) in [5, 5.41) is 15.2. The SMILES string of the molecule is COCC(NC(=O)NC1CCC(O)CC1)c1ccco1. The van der Waals surface area contributed by atoms with Gasteiger partial charge in [-0.1, -0.05) is 0 Å². The van der Waals surface area contributed by atoms with E-state index in [-0.39, 0.29) is 24.2 Å². The topological polar surface area (TPSA) is 83.7 Å². The third kappa shape index (κ3) is 4.25. The summed E-state index contributed by atoms with van der Waals surface area (Å²) in [5.41, 5.74) is 0. The van der Waals surface area contributed by atoms with Crippen molar-refractivity contribution in [1.29, 1.82) is 0 Å². The van der Waals surface area contributed by atoms with Gasteiger partial charge in [0.15, 0.2) is 0 Å². The molecule has 0 radical (unpaired) electrons. The monoisotopic (exact) mass is 282 g/mol. The van der Waals surface area contributed by atoms with Crippen LogP contribution in [-0.2, 0) is 4.74 Å². The minimum Gasteiger partial charge on any atom is -0.467 e. The smallest absolute Gasteiger partial charge is 0.315 e. The molecule has 0 aromatic carbocycles. The third-order valence-electron chi connectivity index (χ3n) is 3.56. The lowest BCUT2D eigenvalue weighted by Crippen LogP contribution is -2.45. The Morgan fingerprint density at radius 3 is 2.85 bits per heavy atom. The molecule has 1 heterocycles. The normalized spacial score (nSPS) is 24.1. The zero-order valence-corrected chi connectivity index (χ0v) is 11.7. The van der Waals surface area contributed by atoms with Crippen molar-refractivity contribution < 1.29 is 19.1 Å². The minimum atomic E-state index is -0.302. The van der Waals surface area contributed by atoms with Crippen LogP contribution in [0.2, 0.25) is 0 Å². The summed E-state index contributed by atoms with van der Waals surface area (Å²) >= 11 is 0. The lowest BCUT2D eigenvalue weighted by Gasteiger charge is -2.27. The molecular weight excluding hydrogens is 260 g/mol. The standard InChI is InChI=1S/C14H22N2O4/c1-19-9-12(13-3-2-8-20-13)16-14(18)15-10-4-6-11(17)7-5-10/h2-3,8,10-12,17H,4-7,9H2,1H3,(H2,15,16,18). The molecule has 1 atom stereocenters. The first-order valence-electron chi connectivity index (χ1n) is 6.96. The van der Waals surface area contributed by atoms with Crippen LogP contribution in [0.25, 0.3) is 0 Å². The van der Waals surface area contributed by atoms with Crippen molar-refractivity contribution in [2.75, 3.05) is 13.7 Å². The average Bonchev–Trinajstić information content (AvgIpc) is 2.95. The lowest BCUT2D eigenvalue weighted by molar-refractivity contribution is 0.116. The lowest BCUT2D eigenvalue weighted by atomic mass is 9.93. The van der Waals surface area contributed by atoms with Crippen LogP contribution in [0.5, 0.6) is 0 Å². The Kier molecular flexibility index (Phi) is 5.43. The summed E-state index contributed by atoms with van der Waals surface area (Å²) in [6, 6.07) is 3.17. The van der Waals surface area contributed by atoms with Crippen LogP contribution in [0, 0.1) is 0 Å². The highest BCUT2D eigenvalue weighted by Crippen LogP contribution is 2.18. The number of hydrogen-bond acceptors (Lipinski definition) is 4. The number of rotatable bonds is 5. The molecule has 1 aliphatic rings. The molecule has 0 bridgehead atoms. The molecule has 1 aromatic heterocycles. The summed E-state index contributed by atoms with van der Waals surface area (Å²) in [7, 11) is 1.58. The number of aliphatic hydroxyl groups is 1. The number of nitrogens with one attached hydrogen (secondary N) is 2. The highest BCUT2D eigenvalue weighted by atomic mass is 16.5. The Morgan fingerprint density at radius 2 is 2.25 bits per heavy atom. The van der Waals surface area contributed by atoms with E-state index in [2.05, 4.69) is 10.6 Å². The molecule has 6 nitrogen and oxygen atoms in total. The van der Waals surface area contributed by atoms with Gasteiger partial charge in [0, 0.05) is 13.2 Å². The number of furan rings is 1. The molecule has 1 saturated carbocycles. The van der Waals surface area contributed by atoms with Gasteiger partial charge in [0.2, 0.25) is 0 Å². The second-order valence-electron chi connectivity index (χ2n) is 5.15. The van der Waals surface area contributed by atoms with Crippen molar-refractivity contribution in [1.82, 2.24) is 10.6 Å². The van der Waals surface area contributed by atoms with Gasteiger partial charge in [-0.3, -0.25) is 0 Å². The molecule has 0 aliphatic heterocycles. The number of aliphatic hydroxyl groups excluding tert-OH is 1. The van der Waals surface area contributed by atoms with E-state index in [0.717, 1.165) is 25.7 Å². The van der Waals surface area contributed by atoms with Gasteiger partial charge < -0.3 is 24.9 Å². The molecule has 0 spiro atoms. The first kappa shape index (κ1) is 14.9. The molecule has 1 aromatic rings. The van der Waals surface area contributed by atoms with Crippen molar-refractivity contribution in [3.05, 3.63) is 24.2 Å². The van der Waals surface area contributed by atoms with Crippen LogP contribution in [-0.4, -0.2) is 37.0 Å². The van der Waals surface area contributed by atoms with Crippen molar-refractivity contribution in [2.45, 2.75) is 43.9 Å². The van der Waals surface area contributed by atoms with Crippen LogP contribution in [0.15, 0.2) is 22.8 Å². The van der Waals surface area contributed by atoms with Gasteiger partial charge in [-0.2, -0.15) is 0 Å². The zero-order valence-electron chi connectivity index (χ0n) is 11.7. The molecule has 1 fully saturated rings. The van der Waals surface area contributed by atoms with Crippen molar-refractivity contribution in [3.63, 3.8) is 0 Å². The van der Waals surface area contributed by atoms with E-state index in [0.29, 0.717) is 12.4 Å². The van der Waals surface area contributed by atoms with Gasteiger partial charge in [0.1, 0.15) is 11.8 Å². The maximum absolute atomic E-state index is 12.0. The second kappa shape index (κ2) is 7.31. The van der Waals surface area contributed by atoms with Crippen molar-refractivity contribution in [2.24, 2.45) is 0 Å². The molecular formula is C14H22N2O4. The number of urea groups is 1. The van der Waals surface area contributed by atoms with E-state index in [1.165, 1.54) is 0 Å². The number of carbonyl (C=O) groups excluding carboxylic acids is 1. The summed E-state index contributed by atoms with van der Waals surface area (Å²) < 4.78 is 10.4. The van der Waals surface area contributed by atoms with Crippen LogP contribution in [0.3, 0.4) is 0 Å². The predicted octanol–water partition coefficient (Wildman–Crippen LogP) is 1.57. The fraction of sp³-hybridized carbons (Fsp3) is 0.643. The molecule has 0 saturated heterocycles. The third-order valence-corrected chi connectivity index (χ3v) is 3.56. The number of ether oxygens (including phenoxy) is 1. The number of hydrogen-bond donors (Lipinski definition) is 3. The van der Waals surface area contributed by atoms with E-state index in [4.69, 9.17) is 9.15 Å². The molecule has 2 rings (SSSR count). The highest BCUT2D eigenvalue weighted by molar-refractivity contribution is 5.74. The van der Waals surface area contributed by atoms with Crippen LogP contribution < -0.4 is 10.6 Å². The molecule has 3 N–H and O–H groups in total. The summed E-state index contributed by atoms with van der Waals surface area (Å²) in [5.74, 6) is 0.668. The maximum Gasteiger partial charge on any atom is 0.315 e. The highest BCUT2D eigenvalue weighted by Gasteiger charge is 2.23. The fourth-order valence-corrected chi connectivity index (χ4v) is 2.46. The molecule has 6 heteroatoms. The number of methoxy groups -OCH3 is 1. The molecule has 2 amide bonds. The van der Waals surface area contributed by atoms with Crippen LogP contribution >= 0.6 is 0 Å². The molecule has 112 valence electrons. The molecule has 20 heavy (non-hydrogen) atoms. The quantitative estimate of drug-likeness (QED) is 0.765. The van der Waals surface area contributed by atoms with Gasteiger partial charge >= 0.3 is 6.03 Å².